The maximum atomic E-state index is 12.7. The minimum atomic E-state index is -2.89. The fourth-order valence-electron chi connectivity index (χ4n) is 2.97. The molecule has 0 bridgehead atoms. The molecule has 10 heteroatoms. The molecule has 0 aliphatic carbocycles. The Morgan fingerprint density at radius 2 is 1.93 bits per heavy atom. The number of carbonyl (C=O) groups is 1. The van der Waals surface area contributed by atoms with E-state index in [2.05, 4.69) is 34.2 Å². The van der Waals surface area contributed by atoms with Gasteiger partial charge in [-0.1, -0.05) is 19.1 Å². The van der Waals surface area contributed by atoms with Gasteiger partial charge in [-0.25, -0.2) is 4.68 Å². The van der Waals surface area contributed by atoms with E-state index < -0.39 is 12.2 Å². The van der Waals surface area contributed by atoms with Gasteiger partial charge in [-0.15, -0.1) is 17.5 Å². The highest BCUT2D eigenvalue weighted by Gasteiger charge is 2.28. The summed E-state index contributed by atoms with van der Waals surface area (Å²) >= 11 is 0. The van der Waals surface area contributed by atoms with Crippen LogP contribution in [0.15, 0.2) is 24.3 Å². The summed E-state index contributed by atoms with van der Waals surface area (Å²) in [6.45, 7) is 5.14. The molecule has 0 saturated carbocycles. The molecule has 1 heterocycles. The van der Waals surface area contributed by atoms with Gasteiger partial charge in [-0.2, -0.15) is 8.78 Å². The van der Waals surface area contributed by atoms with Crippen LogP contribution in [0.4, 0.5) is 8.78 Å². The standard InChI is InChI=1S/C18H25F2N5O2.ClH/c1-11(2)9-18(4,10-21)22-16(26)15-12(3)25(24-23-15)13-5-7-14(8-6-13)27-17(19)20;/h5-8,11,17H,9-10,21H2,1-4H3,(H,22,26);1H. The maximum absolute atomic E-state index is 12.7. The van der Waals surface area contributed by atoms with Crippen LogP contribution in [-0.4, -0.2) is 39.6 Å². The number of alkyl halides is 2. The van der Waals surface area contributed by atoms with E-state index in [1.54, 1.807) is 19.1 Å². The van der Waals surface area contributed by atoms with E-state index in [4.69, 9.17) is 5.73 Å². The minimum absolute atomic E-state index is 0. The Hall–Kier alpha value is -2.26. The molecule has 0 aliphatic heterocycles. The molecule has 0 aliphatic rings. The Labute approximate surface area is 169 Å². The smallest absolute Gasteiger partial charge is 0.387 e. The predicted molar refractivity (Wildman–Crippen MR) is 104 cm³/mol. The van der Waals surface area contributed by atoms with Gasteiger partial charge in [0.15, 0.2) is 5.69 Å². The number of hydrogen-bond acceptors (Lipinski definition) is 5. The Morgan fingerprint density at radius 1 is 1.32 bits per heavy atom. The van der Waals surface area contributed by atoms with Crippen molar-refractivity contribution in [2.45, 2.75) is 46.3 Å². The molecule has 1 atom stereocenters. The summed E-state index contributed by atoms with van der Waals surface area (Å²) in [5, 5.41) is 10.9. The van der Waals surface area contributed by atoms with E-state index in [-0.39, 0.29) is 29.8 Å². The summed E-state index contributed by atoms with van der Waals surface area (Å²) in [4.78, 5) is 12.7. The van der Waals surface area contributed by atoms with Crippen molar-refractivity contribution in [2.75, 3.05) is 6.54 Å². The maximum Gasteiger partial charge on any atom is 0.387 e. The molecule has 156 valence electrons. The van der Waals surface area contributed by atoms with Crippen LogP contribution in [0.3, 0.4) is 0 Å². The lowest BCUT2D eigenvalue weighted by Gasteiger charge is -2.30. The summed E-state index contributed by atoms with van der Waals surface area (Å²) < 4.78 is 30.3. The number of hydrogen-bond donors (Lipinski definition) is 2. The lowest BCUT2D eigenvalue weighted by molar-refractivity contribution is -0.0498. The first-order valence-electron chi connectivity index (χ1n) is 8.65. The normalized spacial score (nSPS) is 13.2. The highest BCUT2D eigenvalue weighted by Crippen LogP contribution is 2.20. The quantitative estimate of drug-likeness (QED) is 0.688. The van der Waals surface area contributed by atoms with Gasteiger partial charge in [-0.3, -0.25) is 4.79 Å². The van der Waals surface area contributed by atoms with Crippen molar-refractivity contribution in [3.05, 3.63) is 35.7 Å². The molecule has 3 N–H and O–H groups in total. The van der Waals surface area contributed by atoms with Crippen LogP contribution in [0.1, 0.15) is 43.4 Å². The molecular formula is C18H26ClF2N5O2. The van der Waals surface area contributed by atoms with E-state index in [9.17, 15) is 13.6 Å². The van der Waals surface area contributed by atoms with Gasteiger partial charge in [0.2, 0.25) is 0 Å². The molecule has 1 aromatic carbocycles. The Kier molecular flexibility index (Phi) is 8.31. The number of nitrogens with two attached hydrogens (primary N) is 1. The second kappa shape index (κ2) is 9.79. The van der Waals surface area contributed by atoms with Crippen molar-refractivity contribution in [3.8, 4) is 11.4 Å². The van der Waals surface area contributed by atoms with Crippen molar-refractivity contribution >= 4 is 18.3 Å². The first-order chi connectivity index (χ1) is 12.6. The number of nitrogens with one attached hydrogen (secondary N) is 1. The van der Waals surface area contributed by atoms with E-state index in [0.29, 0.717) is 23.8 Å². The summed E-state index contributed by atoms with van der Waals surface area (Å²) in [5.41, 5.74) is 6.58. The second-order valence-corrected chi connectivity index (χ2v) is 7.12. The van der Waals surface area contributed by atoms with Gasteiger partial charge in [0.25, 0.3) is 5.91 Å². The molecule has 0 saturated heterocycles. The van der Waals surface area contributed by atoms with Crippen LogP contribution in [0.25, 0.3) is 5.69 Å². The number of halogens is 3. The van der Waals surface area contributed by atoms with E-state index in [1.807, 2.05) is 6.92 Å². The van der Waals surface area contributed by atoms with Crippen molar-refractivity contribution in [2.24, 2.45) is 11.7 Å². The molecule has 7 nitrogen and oxygen atoms in total. The van der Waals surface area contributed by atoms with Crippen LogP contribution < -0.4 is 15.8 Å². The fourth-order valence-corrected chi connectivity index (χ4v) is 2.97. The lowest BCUT2D eigenvalue weighted by atomic mass is 9.90. The summed E-state index contributed by atoms with van der Waals surface area (Å²) in [5.74, 6) is 0.0477. The largest absolute Gasteiger partial charge is 0.435 e. The average Bonchev–Trinajstić information content (AvgIpc) is 2.96. The molecule has 0 fully saturated rings. The van der Waals surface area contributed by atoms with Crippen molar-refractivity contribution in [3.63, 3.8) is 0 Å². The molecule has 2 aromatic rings. The summed E-state index contributed by atoms with van der Waals surface area (Å²) in [6.07, 6.45) is 0.730. The van der Waals surface area contributed by atoms with E-state index in [0.717, 1.165) is 6.42 Å². The molecule has 28 heavy (non-hydrogen) atoms. The van der Waals surface area contributed by atoms with Crippen molar-refractivity contribution in [1.29, 1.82) is 0 Å². The number of benzene rings is 1. The van der Waals surface area contributed by atoms with Crippen LogP contribution in [-0.2, 0) is 0 Å². The molecule has 2 rings (SSSR count). The Bertz CT molecular complexity index is 783. The minimum Gasteiger partial charge on any atom is -0.435 e. The highest BCUT2D eigenvalue weighted by atomic mass is 35.5. The zero-order valence-corrected chi connectivity index (χ0v) is 17.1. The Balaban J connectivity index is 0.00000392. The van der Waals surface area contributed by atoms with Gasteiger partial charge in [-0.05, 0) is 50.5 Å². The van der Waals surface area contributed by atoms with E-state index >= 15 is 0 Å². The van der Waals surface area contributed by atoms with Crippen LogP contribution in [0.2, 0.25) is 0 Å². The monoisotopic (exact) mass is 417 g/mol. The number of rotatable bonds is 8. The number of aromatic nitrogens is 3. The third-order valence-electron chi connectivity index (χ3n) is 4.14. The summed E-state index contributed by atoms with van der Waals surface area (Å²) in [6, 6.07) is 5.92. The predicted octanol–water partition coefficient (Wildman–Crippen LogP) is 3.09. The zero-order chi connectivity index (χ0) is 20.2. The summed E-state index contributed by atoms with van der Waals surface area (Å²) in [7, 11) is 0. The third-order valence-corrected chi connectivity index (χ3v) is 4.14. The van der Waals surface area contributed by atoms with Crippen LogP contribution in [0, 0.1) is 12.8 Å². The molecule has 0 radical (unpaired) electrons. The van der Waals surface area contributed by atoms with Gasteiger partial charge in [0, 0.05) is 6.54 Å². The first kappa shape index (κ1) is 23.8. The number of amides is 1. The lowest BCUT2D eigenvalue weighted by Crippen LogP contribution is -2.52. The molecule has 1 amide bonds. The van der Waals surface area contributed by atoms with Gasteiger partial charge < -0.3 is 15.8 Å². The third kappa shape index (κ3) is 5.87. The molecule has 1 unspecified atom stereocenters. The zero-order valence-electron chi connectivity index (χ0n) is 16.3. The SMILES string of the molecule is Cc1c(C(=O)NC(C)(CN)CC(C)C)nnn1-c1ccc(OC(F)F)cc1.Cl. The van der Waals surface area contributed by atoms with Gasteiger partial charge >= 0.3 is 6.61 Å². The topological polar surface area (TPSA) is 95.1 Å². The second-order valence-electron chi connectivity index (χ2n) is 7.12. The van der Waals surface area contributed by atoms with E-state index in [1.165, 1.54) is 16.8 Å². The van der Waals surface area contributed by atoms with Crippen molar-refractivity contribution in [1.82, 2.24) is 20.3 Å². The number of nitrogens with zero attached hydrogens (tertiary/aromatic N) is 3. The molecule has 0 spiro atoms. The van der Waals surface area contributed by atoms with Crippen molar-refractivity contribution < 1.29 is 18.3 Å². The number of carbonyl (C=O) groups excluding carboxylic acids is 1. The van der Waals surface area contributed by atoms with Gasteiger partial charge in [0.1, 0.15) is 5.75 Å². The average molecular weight is 418 g/mol. The molecule has 1 aromatic heterocycles. The number of ether oxygens (including phenoxy) is 1. The Morgan fingerprint density at radius 3 is 2.43 bits per heavy atom. The first-order valence-corrected chi connectivity index (χ1v) is 8.65. The fraction of sp³-hybridized carbons (Fsp3) is 0.500. The molecular weight excluding hydrogens is 392 g/mol. The van der Waals surface area contributed by atoms with Crippen LogP contribution in [0.5, 0.6) is 5.75 Å². The van der Waals surface area contributed by atoms with Crippen LogP contribution >= 0.6 is 12.4 Å². The van der Waals surface area contributed by atoms with Gasteiger partial charge in [0.05, 0.1) is 16.9 Å². The highest BCUT2D eigenvalue weighted by molar-refractivity contribution is 5.93.